The molecule has 53 heavy (non-hydrogen) atoms. The molecule has 1 N–H and O–H groups in total. The number of benzene rings is 3. The SMILES string of the molecule is O=C(O[C@@H](Cc1c(Cl)cncc1Cl)c1ccc(OC(F)F)c(OCC2CC2)c1)c1cccc(N[C@@H](C(=O)O[C@H]2CN3CCC2CC3)c2ccccc2)c1. The monoisotopic (exact) mass is 765 g/mol. The van der Waals surface area contributed by atoms with Gasteiger partial charge in [0.15, 0.2) is 17.5 Å². The highest BCUT2D eigenvalue weighted by Crippen LogP contribution is 2.38. The van der Waals surface area contributed by atoms with Crippen molar-refractivity contribution in [1.82, 2.24) is 9.88 Å². The first-order valence-corrected chi connectivity index (χ1v) is 18.5. The number of pyridine rings is 1. The molecule has 2 bridgehead atoms. The van der Waals surface area contributed by atoms with Crippen LogP contribution >= 0.6 is 23.2 Å². The predicted octanol–water partition coefficient (Wildman–Crippen LogP) is 8.71. The molecule has 1 aromatic heterocycles. The molecule has 4 aromatic rings. The number of anilines is 1. The molecular weight excluding hydrogens is 727 g/mol. The molecule has 3 aliphatic heterocycles. The molecule has 4 fully saturated rings. The van der Waals surface area contributed by atoms with Crippen LogP contribution in [0.5, 0.6) is 11.5 Å². The lowest BCUT2D eigenvalue weighted by molar-refractivity contribution is -0.159. The Morgan fingerprint density at radius 2 is 1.64 bits per heavy atom. The summed E-state index contributed by atoms with van der Waals surface area (Å²) in [5.74, 6) is -0.422. The van der Waals surface area contributed by atoms with E-state index in [4.69, 9.17) is 42.1 Å². The van der Waals surface area contributed by atoms with Crippen LogP contribution in [0.1, 0.15) is 64.9 Å². The second kappa shape index (κ2) is 16.7. The largest absolute Gasteiger partial charge is 0.489 e. The number of halogens is 4. The summed E-state index contributed by atoms with van der Waals surface area (Å²) in [7, 11) is 0. The van der Waals surface area contributed by atoms with Crippen LogP contribution in [0.25, 0.3) is 0 Å². The fourth-order valence-electron chi connectivity index (χ4n) is 6.85. The lowest BCUT2D eigenvalue weighted by Gasteiger charge is -2.44. The summed E-state index contributed by atoms with van der Waals surface area (Å²) in [4.78, 5) is 34.0. The number of esters is 2. The number of hydrogen-bond acceptors (Lipinski definition) is 9. The molecule has 0 spiro atoms. The first-order chi connectivity index (χ1) is 25.7. The lowest BCUT2D eigenvalue weighted by Crippen LogP contribution is -2.52. The number of piperidine rings is 3. The number of nitrogens with zero attached hydrogens (tertiary/aromatic N) is 2. The van der Waals surface area contributed by atoms with Crippen molar-refractivity contribution in [1.29, 1.82) is 0 Å². The molecule has 278 valence electrons. The molecule has 0 unspecified atom stereocenters. The smallest absolute Gasteiger partial charge is 0.387 e. The average Bonchev–Trinajstić information content (AvgIpc) is 4.00. The Labute approximate surface area is 316 Å². The molecule has 3 saturated heterocycles. The summed E-state index contributed by atoms with van der Waals surface area (Å²) in [6.45, 7) is 0.0639. The van der Waals surface area contributed by atoms with Crippen LogP contribution in [0.15, 0.2) is 85.2 Å². The third-order valence-electron chi connectivity index (χ3n) is 9.96. The Balaban J connectivity index is 1.13. The highest BCUT2D eigenvalue weighted by atomic mass is 35.5. The number of rotatable bonds is 15. The first kappa shape index (κ1) is 36.9. The summed E-state index contributed by atoms with van der Waals surface area (Å²) in [6, 6.07) is 19.5. The summed E-state index contributed by atoms with van der Waals surface area (Å²) in [5, 5.41) is 3.83. The highest BCUT2D eigenvalue weighted by Gasteiger charge is 2.38. The van der Waals surface area contributed by atoms with Gasteiger partial charge in [0.05, 0.1) is 22.2 Å². The number of hydrogen-bond donors (Lipinski definition) is 1. The number of alkyl halides is 2. The van der Waals surface area contributed by atoms with Crippen molar-refractivity contribution >= 4 is 40.8 Å². The number of carbonyl (C=O) groups is 2. The molecule has 3 atom stereocenters. The minimum absolute atomic E-state index is 0.0441. The van der Waals surface area contributed by atoms with E-state index < -0.39 is 30.7 Å². The van der Waals surface area contributed by atoms with E-state index in [2.05, 4.69) is 15.2 Å². The minimum atomic E-state index is -3.06. The second-order valence-electron chi connectivity index (χ2n) is 13.7. The van der Waals surface area contributed by atoms with Gasteiger partial charge in [-0.3, -0.25) is 9.88 Å². The van der Waals surface area contributed by atoms with Gasteiger partial charge < -0.3 is 24.3 Å². The van der Waals surface area contributed by atoms with Gasteiger partial charge in [-0.05, 0) is 97.6 Å². The molecular formula is C40H39Cl2F2N3O6. The van der Waals surface area contributed by atoms with Gasteiger partial charge in [-0.15, -0.1) is 0 Å². The van der Waals surface area contributed by atoms with Gasteiger partial charge in [0.2, 0.25) is 0 Å². The van der Waals surface area contributed by atoms with E-state index in [1.807, 2.05) is 30.3 Å². The number of carbonyl (C=O) groups excluding carboxylic acids is 2. The predicted molar refractivity (Wildman–Crippen MR) is 196 cm³/mol. The molecule has 4 heterocycles. The van der Waals surface area contributed by atoms with Gasteiger partial charge in [-0.1, -0.05) is 65.7 Å². The molecule has 8 rings (SSSR count). The van der Waals surface area contributed by atoms with Crippen molar-refractivity contribution in [3.63, 3.8) is 0 Å². The zero-order valence-electron chi connectivity index (χ0n) is 28.8. The first-order valence-electron chi connectivity index (χ1n) is 17.7. The van der Waals surface area contributed by atoms with Crippen molar-refractivity contribution in [2.45, 2.75) is 57.0 Å². The van der Waals surface area contributed by atoms with Gasteiger partial charge >= 0.3 is 18.6 Å². The number of fused-ring (bicyclic) bond motifs is 3. The number of ether oxygens (including phenoxy) is 4. The molecule has 3 aromatic carbocycles. The van der Waals surface area contributed by atoms with Gasteiger partial charge in [0.25, 0.3) is 0 Å². The van der Waals surface area contributed by atoms with Crippen molar-refractivity contribution in [2.75, 3.05) is 31.6 Å². The topological polar surface area (TPSA) is 99.2 Å². The standard InChI is InChI=1S/C40H39Cl2F2N3O6/c41-31-20-45-21-32(42)30(31)19-34(27-11-12-33(53-40(43)44)35(18-27)50-23-24-9-10-24)51-38(48)28-7-4-8-29(17-28)46-37(26-5-2-1-3-6-26)39(49)52-36-22-47-15-13-25(36)14-16-47/h1-8,11-12,17-18,20-21,24-25,34,36-37,40,46H,9-10,13-16,19,22-23H2/t34-,36-,37+/m0/s1. The maximum Gasteiger partial charge on any atom is 0.387 e. The van der Waals surface area contributed by atoms with Crippen molar-refractivity contribution in [3.8, 4) is 11.5 Å². The van der Waals surface area contributed by atoms with E-state index in [9.17, 15) is 18.4 Å². The van der Waals surface area contributed by atoms with Crippen molar-refractivity contribution < 1.29 is 37.3 Å². The van der Waals surface area contributed by atoms with E-state index in [1.54, 1.807) is 24.3 Å². The maximum atomic E-state index is 13.9. The van der Waals surface area contributed by atoms with Crippen LogP contribution in [0.2, 0.25) is 10.0 Å². The van der Waals surface area contributed by atoms with Crippen LogP contribution in [0.4, 0.5) is 14.5 Å². The third-order valence-corrected chi connectivity index (χ3v) is 10.6. The summed E-state index contributed by atoms with van der Waals surface area (Å²) in [6.07, 6.45) is 5.76. The number of aromatic nitrogens is 1. The molecule has 4 aliphatic rings. The maximum absolute atomic E-state index is 13.9. The fraction of sp³-hybridized carbons (Fsp3) is 0.375. The Kier molecular flexibility index (Phi) is 11.6. The summed E-state index contributed by atoms with van der Waals surface area (Å²) < 4.78 is 49.4. The van der Waals surface area contributed by atoms with E-state index in [1.165, 1.54) is 30.6 Å². The third kappa shape index (κ3) is 9.38. The normalized spacial score (nSPS) is 20.4. The zero-order chi connectivity index (χ0) is 36.9. The zero-order valence-corrected chi connectivity index (χ0v) is 30.3. The fourth-order valence-corrected chi connectivity index (χ4v) is 7.37. The van der Waals surface area contributed by atoms with E-state index >= 15 is 0 Å². The van der Waals surface area contributed by atoms with Crippen LogP contribution in [-0.4, -0.2) is 60.8 Å². The van der Waals surface area contributed by atoms with Crippen LogP contribution in [-0.2, 0) is 20.7 Å². The Morgan fingerprint density at radius 1 is 0.887 bits per heavy atom. The van der Waals surface area contributed by atoms with E-state index in [0.717, 1.165) is 50.9 Å². The second-order valence-corrected chi connectivity index (χ2v) is 14.5. The molecule has 9 nitrogen and oxygen atoms in total. The quantitative estimate of drug-likeness (QED) is 0.119. The van der Waals surface area contributed by atoms with Gasteiger partial charge in [-0.25, -0.2) is 9.59 Å². The van der Waals surface area contributed by atoms with Gasteiger partial charge in [0, 0.05) is 31.0 Å². The summed E-state index contributed by atoms with van der Waals surface area (Å²) in [5.41, 5.74) is 2.35. The molecule has 1 saturated carbocycles. The molecule has 0 amide bonds. The van der Waals surface area contributed by atoms with Crippen molar-refractivity contribution in [2.24, 2.45) is 11.8 Å². The van der Waals surface area contributed by atoms with E-state index in [-0.39, 0.29) is 39.6 Å². The summed E-state index contributed by atoms with van der Waals surface area (Å²) >= 11 is 13.0. The van der Waals surface area contributed by atoms with Crippen molar-refractivity contribution in [3.05, 3.63) is 117 Å². The van der Waals surface area contributed by atoms with Gasteiger partial charge in [0.1, 0.15) is 12.2 Å². The van der Waals surface area contributed by atoms with Crippen LogP contribution in [0.3, 0.4) is 0 Å². The molecule has 0 radical (unpaired) electrons. The Bertz CT molecular complexity index is 1890. The van der Waals surface area contributed by atoms with Gasteiger partial charge in [-0.2, -0.15) is 8.78 Å². The lowest BCUT2D eigenvalue weighted by atomic mass is 9.86. The Morgan fingerprint density at radius 3 is 2.32 bits per heavy atom. The Hall–Kier alpha value is -4.45. The number of nitrogens with one attached hydrogen (secondary N) is 1. The highest BCUT2D eigenvalue weighted by molar-refractivity contribution is 6.35. The van der Waals surface area contributed by atoms with Crippen LogP contribution in [0, 0.1) is 11.8 Å². The van der Waals surface area contributed by atoms with E-state index in [0.29, 0.717) is 35.3 Å². The average molecular weight is 767 g/mol. The van der Waals surface area contributed by atoms with Crippen LogP contribution < -0.4 is 14.8 Å². The molecule has 13 heteroatoms. The molecule has 1 aliphatic carbocycles. The minimum Gasteiger partial charge on any atom is -0.489 e.